The van der Waals surface area contributed by atoms with Gasteiger partial charge in [-0.1, -0.05) is 0 Å². The van der Waals surface area contributed by atoms with E-state index in [-0.39, 0.29) is 17.3 Å². The third kappa shape index (κ3) is 3.61. The Kier molecular flexibility index (Phi) is 5.43. The van der Waals surface area contributed by atoms with Crippen molar-refractivity contribution in [3.05, 3.63) is 18.2 Å². The Morgan fingerprint density at radius 1 is 1.06 bits per heavy atom. The van der Waals surface area contributed by atoms with Crippen molar-refractivity contribution < 1.29 is 13.5 Å². The maximum Gasteiger partial charge on any atom is 0.178 e. The van der Waals surface area contributed by atoms with E-state index < -0.39 is 9.84 Å². The summed E-state index contributed by atoms with van der Waals surface area (Å²) in [6.07, 6.45) is 0.807. The molecule has 0 aliphatic rings. The summed E-state index contributed by atoms with van der Waals surface area (Å²) in [7, 11) is 0.220. The molecule has 1 radical (unpaired) electrons. The Morgan fingerprint density at radius 2 is 1.72 bits per heavy atom. The van der Waals surface area contributed by atoms with E-state index >= 15 is 0 Å². The minimum atomic E-state index is -3.30. The highest BCUT2D eigenvalue weighted by Crippen LogP contribution is 2.25. The van der Waals surface area contributed by atoms with Gasteiger partial charge in [-0.05, 0) is 31.0 Å². The van der Waals surface area contributed by atoms with Crippen molar-refractivity contribution >= 4 is 21.2 Å². The summed E-state index contributed by atoms with van der Waals surface area (Å²) in [6.45, 7) is -0.226. The van der Waals surface area contributed by atoms with Gasteiger partial charge >= 0.3 is 0 Å². The molecule has 0 aliphatic carbocycles. The summed E-state index contributed by atoms with van der Waals surface area (Å²) in [5.41, 5.74) is 1.58. The summed E-state index contributed by atoms with van der Waals surface area (Å²) in [5.74, 6) is 0.0251. The summed E-state index contributed by atoms with van der Waals surface area (Å²) in [4.78, 5) is 0.289. The van der Waals surface area contributed by atoms with Gasteiger partial charge in [-0.25, -0.2) is 13.5 Å². The summed E-state index contributed by atoms with van der Waals surface area (Å²) < 4.78 is 24.0. The Labute approximate surface area is 108 Å². The number of anilines is 2. The van der Waals surface area contributed by atoms with E-state index in [1.165, 1.54) is 0 Å². The Morgan fingerprint density at radius 3 is 2.28 bits per heavy atom. The molecular weight excluding hydrogens is 252 g/mol. The van der Waals surface area contributed by atoms with Crippen molar-refractivity contribution in [3.63, 3.8) is 0 Å². The molecule has 0 saturated carbocycles. The van der Waals surface area contributed by atoms with Crippen molar-refractivity contribution in [1.82, 2.24) is 0 Å². The van der Waals surface area contributed by atoms with E-state index in [4.69, 9.17) is 0 Å². The van der Waals surface area contributed by atoms with Gasteiger partial charge in [0, 0.05) is 14.1 Å². The first-order valence-electron chi connectivity index (χ1n) is 5.85. The zero-order valence-electron chi connectivity index (χ0n) is 10.7. The second-order valence-electron chi connectivity index (χ2n) is 3.94. The molecule has 0 fully saturated rings. The van der Waals surface area contributed by atoms with Crippen LogP contribution in [0, 0.1) is 0 Å². The predicted molar refractivity (Wildman–Crippen MR) is 72.4 cm³/mol. The van der Waals surface area contributed by atoms with E-state index in [9.17, 15) is 13.5 Å². The molecule has 18 heavy (non-hydrogen) atoms. The Balaban J connectivity index is 2.95. The topological polar surface area (TPSA) is 78.1 Å². The first kappa shape index (κ1) is 14.8. The smallest absolute Gasteiger partial charge is 0.178 e. The van der Waals surface area contributed by atoms with Gasteiger partial charge in [-0.15, -0.1) is 0 Å². The molecule has 5 nitrogen and oxygen atoms in total. The van der Waals surface area contributed by atoms with Gasteiger partial charge < -0.3 is 10.6 Å². The number of sulfone groups is 1. The first-order valence-corrected chi connectivity index (χ1v) is 7.51. The van der Waals surface area contributed by atoms with E-state index in [1.807, 2.05) is 0 Å². The molecule has 0 spiro atoms. The SMILES string of the molecule is CNc1ccc(S(=O)(=O)CCCC[O])cc1NC. The minimum Gasteiger partial charge on any atom is -0.386 e. The first-order chi connectivity index (χ1) is 8.55. The molecule has 0 aliphatic heterocycles. The van der Waals surface area contributed by atoms with Crippen LogP contribution in [-0.2, 0) is 14.9 Å². The highest BCUT2D eigenvalue weighted by atomic mass is 32.2. The predicted octanol–water partition coefficient (Wildman–Crippen LogP) is 1.75. The van der Waals surface area contributed by atoms with Gasteiger partial charge in [0.2, 0.25) is 0 Å². The summed E-state index contributed by atoms with van der Waals surface area (Å²) in [6, 6.07) is 4.92. The van der Waals surface area contributed by atoms with Crippen LogP contribution >= 0.6 is 0 Å². The maximum atomic E-state index is 12.0. The van der Waals surface area contributed by atoms with Crippen LogP contribution < -0.4 is 10.6 Å². The lowest BCUT2D eigenvalue weighted by Gasteiger charge is -2.11. The molecular formula is C12H19N2O3S. The van der Waals surface area contributed by atoms with E-state index in [2.05, 4.69) is 10.6 Å². The maximum absolute atomic E-state index is 12.0. The number of hydrogen-bond donors (Lipinski definition) is 2. The second kappa shape index (κ2) is 6.61. The van der Waals surface area contributed by atoms with Crippen LogP contribution in [0.2, 0.25) is 0 Å². The van der Waals surface area contributed by atoms with Crippen LogP contribution in [0.4, 0.5) is 11.4 Å². The third-order valence-electron chi connectivity index (χ3n) is 2.70. The number of rotatable bonds is 7. The van der Waals surface area contributed by atoms with Gasteiger partial charge in [0.25, 0.3) is 0 Å². The number of nitrogens with one attached hydrogen (secondary N) is 2. The number of hydrogen-bond acceptors (Lipinski definition) is 4. The average Bonchev–Trinajstić information content (AvgIpc) is 2.38. The van der Waals surface area contributed by atoms with Crippen molar-refractivity contribution in [2.24, 2.45) is 0 Å². The lowest BCUT2D eigenvalue weighted by Crippen LogP contribution is -2.08. The molecule has 0 unspecified atom stereocenters. The van der Waals surface area contributed by atoms with Gasteiger partial charge in [0.05, 0.1) is 28.6 Å². The molecule has 0 amide bonds. The van der Waals surface area contributed by atoms with E-state index in [0.29, 0.717) is 12.8 Å². The highest BCUT2D eigenvalue weighted by molar-refractivity contribution is 7.91. The molecule has 2 N–H and O–H groups in total. The van der Waals surface area contributed by atoms with Gasteiger partial charge in [0.15, 0.2) is 9.84 Å². The van der Waals surface area contributed by atoms with Gasteiger partial charge in [-0.2, -0.15) is 0 Å². The van der Waals surface area contributed by atoms with Crippen LogP contribution in [0.5, 0.6) is 0 Å². The van der Waals surface area contributed by atoms with E-state index in [1.54, 1.807) is 32.3 Å². The number of unbranched alkanes of at least 4 members (excludes halogenated alkanes) is 1. The Hall–Kier alpha value is -1.27. The molecule has 1 rings (SSSR count). The molecule has 0 atom stereocenters. The third-order valence-corrected chi connectivity index (χ3v) is 4.49. The fourth-order valence-corrected chi connectivity index (χ4v) is 3.05. The molecule has 0 bridgehead atoms. The normalized spacial score (nSPS) is 11.3. The van der Waals surface area contributed by atoms with Crippen LogP contribution in [-0.4, -0.2) is 34.9 Å². The molecule has 1 aromatic rings. The molecule has 6 heteroatoms. The van der Waals surface area contributed by atoms with Crippen LogP contribution in [0.15, 0.2) is 23.1 Å². The lowest BCUT2D eigenvalue weighted by atomic mass is 10.2. The second-order valence-corrected chi connectivity index (χ2v) is 6.05. The van der Waals surface area contributed by atoms with Crippen LogP contribution in [0.3, 0.4) is 0 Å². The largest absolute Gasteiger partial charge is 0.386 e. The fraction of sp³-hybridized carbons (Fsp3) is 0.500. The van der Waals surface area contributed by atoms with Crippen molar-refractivity contribution in [2.75, 3.05) is 37.1 Å². The van der Waals surface area contributed by atoms with Crippen molar-refractivity contribution in [3.8, 4) is 0 Å². The van der Waals surface area contributed by atoms with E-state index in [0.717, 1.165) is 11.4 Å². The monoisotopic (exact) mass is 271 g/mol. The minimum absolute atomic E-state index is 0.0251. The van der Waals surface area contributed by atoms with Crippen LogP contribution in [0.25, 0.3) is 0 Å². The standard InChI is InChI=1S/C12H19N2O3S/c1-13-11-6-5-10(9-12(11)14-2)18(16,17)8-4-3-7-15/h5-6,9,13-14H,3-4,7-8H2,1-2H3. The highest BCUT2D eigenvalue weighted by Gasteiger charge is 2.15. The quantitative estimate of drug-likeness (QED) is 0.741. The summed E-state index contributed by atoms with van der Waals surface area (Å²) in [5, 5.41) is 16.3. The zero-order chi connectivity index (χ0) is 13.6. The van der Waals surface area contributed by atoms with Crippen molar-refractivity contribution in [2.45, 2.75) is 17.7 Å². The lowest BCUT2D eigenvalue weighted by molar-refractivity contribution is 0.188. The van der Waals surface area contributed by atoms with Crippen LogP contribution in [0.1, 0.15) is 12.8 Å². The van der Waals surface area contributed by atoms with Gasteiger partial charge in [-0.3, -0.25) is 0 Å². The molecule has 1 aromatic carbocycles. The Bertz CT molecular complexity index is 486. The average molecular weight is 271 g/mol. The molecule has 101 valence electrons. The van der Waals surface area contributed by atoms with Gasteiger partial charge in [0.1, 0.15) is 0 Å². The fourth-order valence-electron chi connectivity index (χ4n) is 1.65. The molecule has 0 saturated heterocycles. The number of benzene rings is 1. The molecule has 0 heterocycles. The van der Waals surface area contributed by atoms with Crippen molar-refractivity contribution in [1.29, 1.82) is 0 Å². The molecule has 0 aromatic heterocycles. The zero-order valence-corrected chi connectivity index (χ0v) is 11.5. The summed E-state index contributed by atoms with van der Waals surface area (Å²) >= 11 is 0.